The Balaban J connectivity index is 2.02. The molecule has 3 rings (SSSR count). The number of hydrogen-bond acceptors (Lipinski definition) is 6. The number of methoxy groups -OCH3 is 2. The third-order valence-corrected chi connectivity index (χ3v) is 5.74. The van der Waals surface area contributed by atoms with Gasteiger partial charge in [-0.15, -0.1) is 11.3 Å². The molecule has 7 nitrogen and oxygen atoms in total. The summed E-state index contributed by atoms with van der Waals surface area (Å²) in [5.74, 6) is 0.935. The summed E-state index contributed by atoms with van der Waals surface area (Å²) in [6, 6.07) is 8.55. The molecule has 2 heterocycles. The van der Waals surface area contributed by atoms with Crippen molar-refractivity contribution >= 4 is 27.0 Å². The van der Waals surface area contributed by atoms with E-state index in [1.165, 1.54) is 36.4 Å². The van der Waals surface area contributed by atoms with Crippen molar-refractivity contribution in [1.82, 2.24) is 9.78 Å². The fourth-order valence-corrected chi connectivity index (χ4v) is 4.38. The van der Waals surface area contributed by atoms with E-state index in [-0.39, 0.29) is 4.90 Å². The van der Waals surface area contributed by atoms with E-state index in [1.54, 1.807) is 25.2 Å². The van der Waals surface area contributed by atoms with Gasteiger partial charge in [0, 0.05) is 19.3 Å². The van der Waals surface area contributed by atoms with Gasteiger partial charge in [0.05, 0.1) is 24.8 Å². The molecule has 0 aliphatic carbocycles. The molecule has 0 aliphatic heterocycles. The summed E-state index contributed by atoms with van der Waals surface area (Å²) in [6.07, 6.45) is 1.48. The van der Waals surface area contributed by atoms with Crippen LogP contribution in [0.15, 0.2) is 46.8 Å². The zero-order valence-electron chi connectivity index (χ0n) is 13.9. The second-order valence-corrected chi connectivity index (χ2v) is 7.76. The summed E-state index contributed by atoms with van der Waals surface area (Å²) in [7, 11) is 0.831. The molecule has 0 spiro atoms. The molecule has 0 radical (unpaired) electrons. The maximum atomic E-state index is 12.9. The molecule has 0 bridgehead atoms. The van der Waals surface area contributed by atoms with Crippen molar-refractivity contribution in [2.24, 2.45) is 7.05 Å². The second kappa shape index (κ2) is 6.77. The highest BCUT2D eigenvalue weighted by molar-refractivity contribution is 7.92. The van der Waals surface area contributed by atoms with E-state index in [1.807, 2.05) is 17.5 Å². The highest BCUT2D eigenvalue weighted by atomic mass is 32.2. The number of benzene rings is 1. The lowest BCUT2D eigenvalue weighted by Gasteiger charge is -2.12. The fourth-order valence-electron chi connectivity index (χ4n) is 2.33. The quantitative estimate of drug-likeness (QED) is 0.712. The van der Waals surface area contributed by atoms with Gasteiger partial charge in [-0.3, -0.25) is 9.40 Å². The highest BCUT2D eigenvalue weighted by Crippen LogP contribution is 2.34. The number of nitrogens with zero attached hydrogens (tertiary/aromatic N) is 2. The van der Waals surface area contributed by atoms with Gasteiger partial charge in [-0.2, -0.15) is 5.10 Å². The van der Waals surface area contributed by atoms with E-state index in [2.05, 4.69) is 9.82 Å². The lowest BCUT2D eigenvalue weighted by molar-refractivity contribution is 0.395. The van der Waals surface area contributed by atoms with Gasteiger partial charge in [0.2, 0.25) is 0 Å². The topological polar surface area (TPSA) is 82.5 Å². The van der Waals surface area contributed by atoms with Gasteiger partial charge in [-0.1, -0.05) is 6.07 Å². The van der Waals surface area contributed by atoms with Gasteiger partial charge >= 0.3 is 0 Å². The van der Waals surface area contributed by atoms with Gasteiger partial charge in [-0.25, -0.2) is 8.42 Å². The maximum Gasteiger partial charge on any atom is 0.265 e. The molecule has 1 aromatic carbocycles. The minimum atomic E-state index is -3.85. The fraction of sp³-hybridized carbons (Fsp3) is 0.188. The number of ether oxygens (including phenoxy) is 2. The summed E-state index contributed by atoms with van der Waals surface area (Å²) in [4.78, 5) is 0.887. The van der Waals surface area contributed by atoms with E-state index in [0.717, 1.165) is 4.88 Å². The minimum absolute atomic E-state index is 0.107. The van der Waals surface area contributed by atoms with Crippen molar-refractivity contribution < 1.29 is 17.9 Å². The van der Waals surface area contributed by atoms with Crippen molar-refractivity contribution in [3.05, 3.63) is 41.9 Å². The van der Waals surface area contributed by atoms with Crippen LogP contribution in [-0.4, -0.2) is 32.4 Å². The third kappa shape index (κ3) is 3.47. The first-order valence-corrected chi connectivity index (χ1v) is 9.63. The number of sulfonamides is 1. The smallest absolute Gasteiger partial charge is 0.265 e. The van der Waals surface area contributed by atoms with Crippen LogP contribution in [-0.2, 0) is 17.1 Å². The predicted octanol–water partition coefficient (Wildman–Crippen LogP) is 2.97. The van der Waals surface area contributed by atoms with Crippen LogP contribution in [0.1, 0.15) is 0 Å². The molecular weight excluding hydrogens is 362 g/mol. The van der Waals surface area contributed by atoms with Crippen molar-refractivity contribution in [2.45, 2.75) is 4.90 Å². The number of rotatable bonds is 6. The summed E-state index contributed by atoms with van der Waals surface area (Å²) < 4.78 is 40.2. The summed E-state index contributed by atoms with van der Waals surface area (Å²) >= 11 is 1.43. The monoisotopic (exact) mass is 379 g/mol. The molecule has 132 valence electrons. The van der Waals surface area contributed by atoms with Crippen molar-refractivity contribution in [3.8, 4) is 22.1 Å². The molecular formula is C16H17N3O4S2. The maximum absolute atomic E-state index is 12.9. The average molecular weight is 379 g/mol. The van der Waals surface area contributed by atoms with Crippen LogP contribution in [0.3, 0.4) is 0 Å². The van der Waals surface area contributed by atoms with Gasteiger partial charge in [0.15, 0.2) is 0 Å². The Kier molecular flexibility index (Phi) is 4.69. The standard InChI is InChI=1S/C16H17N3O4S2/c1-19-10-15(16(17-19)14-5-4-8-24-14)25(20,21)18-12-7-6-11(22-2)9-13(12)23-3/h4-10,18H,1-3H3. The van der Waals surface area contributed by atoms with Crippen LogP contribution in [0.2, 0.25) is 0 Å². The van der Waals surface area contributed by atoms with E-state index in [9.17, 15) is 8.42 Å². The first-order chi connectivity index (χ1) is 11.9. The first-order valence-electron chi connectivity index (χ1n) is 7.27. The average Bonchev–Trinajstić information content (AvgIpc) is 3.24. The zero-order valence-corrected chi connectivity index (χ0v) is 15.5. The Hall–Kier alpha value is -2.52. The van der Waals surface area contributed by atoms with Gasteiger partial charge in [0.1, 0.15) is 22.1 Å². The second-order valence-electron chi connectivity index (χ2n) is 5.16. The molecule has 3 aromatic rings. The molecule has 0 atom stereocenters. The number of thiophene rings is 1. The molecule has 0 unspecified atom stereocenters. The molecule has 0 saturated carbocycles. The van der Waals surface area contributed by atoms with Crippen LogP contribution in [0.5, 0.6) is 11.5 Å². The number of nitrogens with one attached hydrogen (secondary N) is 1. The minimum Gasteiger partial charge on any atom is -0.497 e. The Morgan fingerprint density at radius 1 is 1.20 bits per heavy atom. The van der Waals surface area contributed by atoms with Crippen LogP contribution >= 0.6 is 11.3 Å². The zero-order chi connectivity index (χ0) is 18.0. The first kappa shape index (κ1) is 17.3. The summed E-state index contributed by atoms with van der Waals surface area (Å²) in [5, 5.41) is 6.16. The predicted molar refractivity (Wildman–Crippen MR) is 96.9 cm³/mol. The molecule has 2 aromatic heterocycles. The van der Waals surface area contributed by atoms with Crippen LogP contribution in [0.4, 0.5) is 5.69 Å². The number of aryl methyl sites for hydroxylation is 1. The SMILES string of the molecule is COc1ccc(NS(=O)(=O)c2cn(C)nc2-c2cccs2)c(OC)c1. The molecule has 0 aliphatic rings. The molecule has 0 saturated heterocycles. The van der Waals surface area contributed by atoms with Crippen LogP contribution < -0.4 is 14.2 Å². The lowest BCUT2D eigenvalue weighted by Crippen LogP contribution is -2.14. The molecule has 0 fully saturated rings. The van der Waals surface area contributed by atoms with Crippen molar-refractivity contribution in [2.75, 3.05) is 18.9 Å². The summed E-state index contributed by atoms with van der Waals surface area (Å²) in [5.41, 5.74) is 0.738. The Labute approximate surface area is 149 Å². The largest absolute Gasteiger partial charge is 0.497 e. The van der Waals surface area contributed by atoms with E-state index in [0.29, 0.717) is 22.9 Å². The van der Waals surface area contributed by atoms with Gasteiger partial charge in [0.25, 0.3) is 10.0 Å². The lowest BCUT2D eigenvalue weighted by atomic mass is 10.3. The van der Waals surface area contributed by atoms with Gasteiger partial charge in [-0.05, 0) is 23.6 Å². The normalized spacial score (nSPS) is 11.3. The van der Waals surface area contributed by atoms with E-state index in [4.69, 9.17) is 9.47 Å². The molecule has 1 N–H and O–H groups in total. The van der Waals surface area contributed by atoms with E-state index < -0.39 is 10.0 Å². The molecule has 0 amide bonds. The van der Waals surface area contributed by atoms with Crippen molar-refractivity contribution in [1.29, 1.82) is 0 Å². The number of hydrogen-bond donors (Lipinski definition) is 1. The number of anilines is 1. The molecule has 9 heteroatoms. The van der Waals surface area contributed by atoms with Crippen LogP contribution in [0.25, 0.3) is 10.6 Å². The van der Waals surface area contributed by atoms with E-state index >= 15 is 0 Å². The Morgan fingerprint density at radius 2 is 2.00 bits per heavy atom. The van der Waals surface area contributed by atoms with Gasteiger partial charge < -0.3 is 9.47 Å². The Bertz CT molecular complexity index is 979. The third-order valence-electron chi connectivity index (χ3n) is 3.49. The summed E-state index contributed by atoms with van der Waals surface area (Å²) in [6.45, 7) is 0. The Morgan fingerprint density at radius 3 is 2.64 bits per heavy atom. The highest BCUT2D eigenvalue weighted by Gasteiger charge is 2.25. The number of aromatic nitrogens is 2. The molecule has 25 heavy (non-hydrogen) atoms. The van der Waals surface area contributed by atoms with Crippen molar-refractivity contribution in [3.63, 3.8) is 0 Å². The van der Waals surface area contributed by atoms with Crippen LogP contribution in [0, 0.1) is 0 Å².